The molecule has 0 spiro atoms. The van der Waals surface area contributed by atoms with E-state index in [0.717, 1.165) is 12.5 Å². The summed E-state index contributed by atoms with van der Waals surface area (Å²) < 4.78 is 31.6. The predicted molar refractivity (Wildman–Crippen MR) is 63.7 cm³/mol. The molecule has 2 N–H and O–H groups in total. The molecular formula is C13H19F2NO. The number of methoxy groups -OCH3 is 1. The highest BCUT2D eigenvalue weighted by Crippen LogP contribution is 2.22. The van der Waals surface area contributed by atoms with Crippen LogP contribution in [-0.2, 0) is 11.2 Å². The van der Waals surface area contributed by atoms with Crippen LogP contribution in [0.25, 0.3) is 0 Å². The van der Waals surface area contributed by atoms with Gasteiger partial charge in [-0.15, -0.1) is 0 Å². The monoisotopic (exact) mass is 243 g/mol. The topological polar surface area (TPSA) is 35.2 Å². The summed E-state index contributed by atoms with van der Waals surface area (Å²) in [5.74, 6) is -1.14. The van der Waals surface area contributed by atoms with Crippen molar-refractivity contribution in [3.8, 4) is 0 Å². The molecule has 2 atom stereocenters. The molecule has 1 aromatic rings. The van der Waals surface area contributed by atoms with Crippen molar-refractivity contribution in [3.63, 3.8) is 0 Å². The number of benzene rings is 1. The van der Waals surface area contributed by atoms with Gasteiger partial charge in [0.05, 0.1) is 5.60 Å². The Balaban J connectivity index is 2.84. The van der Waals surface area contributed by atoms with Gasteiger partial charge in [-0.25, -0.2) is 8.78 Å². The third-order valence-corrected chi connectivity index (χ3v) is 3.41. The van der Waals surface area contributed by atoms with Crippen LogP contribution in [-0.4, -0.2) is 18.8 Å². The standard InChI is InChI=1S/C13H19F2NO/c1-4-13(2,17-3)12(16)7-9-5-6-10(14)8-11(9)15/h5-6,8,12H,4,7,16H2,1-3H3. The van der Waals surface area contributed by atoms with E-state index in [0.29, 0.717) is 12.0 Å². The first-order valence-electron chi connectivity index (χ1n) is 5.67. The van der Waals surface area contributed by atoms with Gasteiger partial charge in [-0.2, -0.15) is 0 Å². The fourth-order valence-electron chi connectivity index (χ4n) is 1.70. The minimum Gasteiger partial charge on any atom is -0.377 e. The first kappa shape index (κ1) is 14.1. The van der Waals surface area contributed by atoms with E-state index in [1.54, 1.807) is 7.11 Å². The average molecular weight is 243 g/mol. The Morgan fingerprint density at radius 2 is 2.06 bits per heavy atom. The Labute approximate surface area is 101 Å². The van der Waals surface area contributed by atoms with Crippen LogP contribution >= 0.6 is 0 Å². The van der Waals surface area contributed by atoms with E-state index in [9.17, 15) is 8.78 Å². The van der Waals surface area contributed by atoms with Crippen molar-refractivity contribution in [2.75, 3.05) is 7.11 Å². The number of hydrogen-bond donors (Lipinski definition) is 1. The van der Waals surface area contributed by atoms with Crippen molar-refractivity contribution in [1.29, 1.82) is 0 Å². The zero-order chi connectivity index (χ0) is 13.1. The molecule has 0 saturated carbocycles. The lowest BCUT2D eigenvalue weighted by atomic mass is 9.89. The first-order valence-corrected chi connectivity index (χ1v) is 5.67. The molecule has 96 valence electrons. The molecule has 0 saturated heterocycles. The zero-order valence-electron chi connectivity index (χ0n) is 10.5. The second kappa shape index (κ2) is 5.56. The van der Waals surface area contributed by atoms with Crippen LogP contribution < -0.4 is 5.73 Å². The average Bonchev–Trinajstić information content (AvgIpc) is 2.31. The van der Waals surface area contributed by atoms with E-state index in [4.69, 9.17) is 10.5 Å². The molecule has 4 heteroatoms. The minimum absolute atomic E-state index is 0.324. The van der Waals surface area contributed by atoms with Crippen LogP contribution in [0, 0.1) is 11.6 Å². The van der Waals surface area contributed by atoms with Gasteiger partial charge in [0.2, 0.25) is 0 Å². The third-order valence-electron chi connectivity index (χ3n) is 3.41. The zero-order valence-corrected chi connectivity index (χ0v) is 10.5. The molecule has 17 heavy (non-hydrogen) atoms. The summed E-state index contributed by atoms with van der Waals surface area (Å²) in [5, 5.41) is 0. The van der Waals surface area contributed by atoms with Gasteiger partial charge in [-0.05, 0) is 31.4 Å². The summed E-state index contributed by atoms with van der Waals surface area (Å²) in [6.45, 7) is 3.85. The molecule has 2 nitrogen and oxygen atoms in total. The maximum atomic E-state index is 13.5. The van der Waals surface area contributed by atoms with Gasteiger partial charge in [-0.1, -0.05) is 13.0 Å². The number of halogens is 2. The summed E-state index contributed by atoms with van der Waals surface area (Å²) in [6.07, 6.45) is 1.05. The van der Waals surface area contributed by atoms with Crippen LogP contribution in [0.3, 0.4) is 0 Å². The van der Waals surface area contributed by atoms with E-state index < -0.39 is 17.2 Å². The lowest BCUT2D eigenvalue weighted by molar-refractivity contribution is -0.0186. The number of hydrogen-bond acceptors (Lipinski definition) is 2. The highest BCUT2D eigenvalue weighted by atomic mass is 19.1. The second-order valence-corrected chi connectivity index (χ2v) is 4.42. The molecule has 0 aromatic heterocycles. The smallest absolute Gasteiger partial charge is 0.129 e. The van der Waals surface area contributed by atoms with Crippen molar-refractivity contribution in [2.24, 2.45) is 5.73 Å². The molecule has 0 aliphatic rings. The largest absolute Gasteiger partial charge is 0.377 e. The van der Waals surface area contributed by atoms with Crippen molar-refractivity contribution < 1.29 is 13.5 Å². The Kier molecular flexibility index (Phi) is 4.60. The maximum absolute atomic E-state index is 13.5. The molecule has 0 radical (unpaired) electrons. The summed E-state index contributed by atoms with van der Waals surface area (Å²) in [5.41, 5.74) is 5.94. The molecule has 0 heterocycles. The Bertz CT molecular complexity index is 378. The summed E-state index contributed by atoms with van der Waals surface area (Å²) in [4.78, 5) is 0. The highest BCUT2D eigenvalue weighted by Gasteiger charge is 2.30. The molecule has 2 unspecified atom stereocenters. The lowest BCUT2D eigenvalue weighted by Gasteiger charge is -2.33. The molecule has 0 bridgehead atoms. The van der Waals surface area contributed by atoms with Gasteiger partial charge in [-0.3, -0.25) is 0 Å². The van der Waals surface area contributed by atoms with Crippen LogP contribution in [0.1, 0.15) is 25.8 Å². The minimum atomic E-state index is -0.579. The Morgan fingerprint density at radius 1 is 1.41 bits per heavy atom. The summed E-state index contributed by atoms with van der Waals surface area (Å²) in [7, 11) is 1.59. The van der Waals surface area contributed by atoms with E-state index in [-0.39, 0.29) is 6.04 Å². The lowest BCUT2D eigenvalue weighted by Crippen LogP contribution is -2.48. The molecule has 0 fully saturated rings. The normalized spacial score (nSPS) is 16.6. The van der Waals surface area contributed by atoms with E-state index in [2.05, 4.69) is 0 Å². The quantitative estimate of drug-likeness (QED) is 0.862. The fourth-order valence-corrected chi connectivity index (χ4v) is 1.70. The highest BCUT2D eigenvalue weighted by molar-refractivity contribution is 5.20. The van der Waals surface area contributed by atoms with Gasteiger partial charge in [0.25, 0.3) is 0 Å². The fraction of sp³-hybridized carbons (Fsp3) is 0.538. The molecule has 0 aliphatic heterocycles. The molecule has 1 rings (SSSR count). The molecular weight excluding hydrogens is 224 g/mol. The summed E-state index contributed by atoms with van der Waals surface area (Å²) >= 11 is 0. The summed E-state index contributed by atoms with van der Waals surface area (Å²) in [6, 6.07) is 3.20. The van der Waals surface area contributed by atoms with E-state index in [1.165, 1.54) is 12.1 Å². The molecule has 0 aliphatic carbocycles. The van der Waals surface area contributed by atoms with Gasteiger partial charge < -0.3 is 10.5 Å². The van der Waals surface area contributed by atoms with Crippen molar-refractivity contribution in [1.82, 2.24) is 0 Å². The predicted octanol–water partition coefficient (Wildman–Crippen LogP) is 2.65. The van der Waals surface area contributed by atoms with Crippen molar-refractivity contribution in [3.05, 3.63) is 35.4 Å². The van der Waals surface area contributed by atoms with Crippen molar-refractivity contribution >= 4 is 0 Å². The van der Waals surface area contributed by atoms with Gasteiger partial charge in [0, 0.05) is 19.2 Å². The SMILES string of the molecule is CCC(C)(OC)C(N)Cc1ccc(F)cc1F. The second-order valence-electron chi connectivity index (χ2n) is 4.42. The third kappa shape index (κ3) is 3.23. The van der Waals surface area contributed by atoms with Crippen LogP contribution in [0.2, 0.25) is 0 Å². The Hall–Kier alpha value is -1.00. The molecule has 1 aromatic carbocycles. The van der Waals surface area contributed by atoms with Crippen LogP contribution in [0.5, 0.6) is 0 Å². The van der Waals surface area contributed by atoms with Gasteiger partial charge in [0.15, 0.2) is 0 Å². The van der Waals surface area contributed by atoms with E-state index >= 15 is 0 Å². The maximum Gasteiger partial charge on any atom is 0.129 e. The number of nitrogens with two attached hydrogens (primary N) is 1. The van der Waals surface area contributed by atoms with Crippen LogP contribution in [0.15, 0.2) is 18.2 Å². The van der Waals surface area contributed by atoms with E-state index in [1.807, 2.05) is 13.8 Å². The molecule has 0 amide bonds. The number of rotatable bonds is 5. The van der Waals surface area contributed by atoms with Crippen LogP contribution in [0.4, 0.5) is 8.78 Å². The van der Waals surface area contributed by atoms with Crippen molar-refractivity contribution in [2.45, 2.75) is 38.3 Å². The van der Waals surface area contributed by atoms with Gasteiger partial charge in [0.1, 0.15) is 11.6 Å². The number of ether oxygens (including phenoxy) is 1. The van der Waals surface area contributed by atoms with Gasteiger partial charge >= 0.3 is 0 Å². The Morgan fingerprint density at radius 3 is 2.53 bits per heavy atom. The first-order chi connectivity index (χ1) is 7.92.